The van der Waals surface area contributed by atoms with E-state index in [1.807, 2.05) is 0 Å². The lowest BCUT2D eigenvalue weighted by atomic mass is 10.0. The number of aromatic nitrogens is 1. The largest absolute Gasteiger partial charge is 0.497 e. The lowest BCUT2D eigenvalue weighted by Crippen LogP contribution is -2.14. The van der Waals surface area contributed by atoms with Crippen LogP contribution >= 0.6 is 0 Å². The number of methoxy groups -OCH3 is 2. The number of benzene rings is 2. The molecule has 0 radical (unpaired) electrons. The lowest BCUT2D eigenvalue weighted by Gasteiger charge is -2.12. The number of carbonyl (C=O) groups excluding carboxylic acids is 1. The second-order valence-corrected chi connectivity index (χ2v) is 7.84. The second-order valence-electron chi connectivity index (χ2n) is 6.15. The van der Waals surface area contributed by atoms with Gasteiger partial charge < -0.3 is 9.47 Å². The van der Waals surface area contributed by atoms with Gasteiger partial charge in [-0.15, -0.1) is 0 Å². The Morgan fingerprint density at radius 3 is 2.27 bits per heavy atom. The van der Waals surface area contributed by atoms with E-state index in [9.17, 15) is 13.2 Å². The zero-order valence-corrected chi connectivity index (χ0v) is 17.2. The number of esters is 1. The van der Waals surface area contributed by atoms with Crippen molar-refractivity contribution in [2.24, 2.45) is 0 Å². The van der Waals surface area contributed by atoms with Crippen molar-refractivity contribution in [3.63, 3.8) is 0 Å². The van der Waals surface area contributed by atoms with Gasteiger partial charge in [-0.2, -0.15) is 0 Å². The fraction of sp³-hybridized carbons (Fsp3) is 0.0909. The van der Waals surface area contributed by atoms with Crippen LogP contribution in [0.3, 0.4) is 0 Å². The highest BCUT2D eigenvalue weighted by atomic mass is 32.2. The summed E-state index contributed by atoms with van der Waals surface area (Å²) in [6.45, 7) is 0. The van der Waals surface area contributed by atoms with E-state index < -0.39 is 16.0 Å². The number of anilines is 1. The molecule has 0 saturated carbocycles. The van der Waals surface area contributed by atoms with Crippen molar-refractivity contribution in [2.45, 2.75) is 4.90 Å². The molecule has 8 heteroatoms. The fourth-order valence-corrected chi connectivity index (χ4v) is 3.82. The Hall–Kier alpha value is -3.65. The predicted molar refractivity (Wildman–Crippen MR) is 114 cm³/mol. The maximum absolute atomic E-state index is 12.8. The Kier molecular flexibility index (Phi) is 6.48. The smallest absolute Gasteiger partial charge is 0.338 e. The van der Waals surface area contributed by atoms with Crippen molar-refractivity contribution in [2.75, 3.05) is 18.9 Å². The molecule has 7 nitrogen and oxygen atoms in total. The van der Waals surface area contributed by atoms with Crippen molar-refractivity contribution in [1.29, 1.82) is 0 Å². The molecule has 30 heavy (non-hydrogen) atoms. The van der Waals surface area contributed by atoms with Crippen molar-refractivity contribution in [1.82, 2.24) is 4.98 Å². The molecule has 1 N–H and O–H groups in total. The van der Waals surface area contributed by atoms with E-state index in [1.165, 1.54) is 26.4 Å². The van der Waals surface area contributed by atoms with Crippen LogP contribution in [-0.4, -0.2) is 33.6 Å². The number of nitrogens with one attached hydrogen (secondary N) is 1. The molecule has 2 aromatic carbocycles. The Bertz CT molecular complexity index is 1160. The van der Waals surface area contributed by atoms with Crippen LogP contribution in [0.25, 0.3) is 11.6 Å². The SMILES string of the molecule is COC(=O)C(=Cc1ccccc1NS(=O)(=O)c1ccc(OC)cc1)c1ccncc1. The quantitative estimate of drug-likeness (QED) is 0.460. The maximum Gasteiger partial charge on any atom is 0.338 e. The number of carbonyl (C=O) groups is 1. The van der Waals surface area contributed by atoms with Gasteiger partial charge in [-0.1, -0.05) is 18.2 Å². The second kappa shape index (κ2) is 9.23. The summed E-state index contributed by atoms with van der Waals surface area (Å²) in [4.78, 5) is 16.4. The summed E-state index contributed by atoms with van der Waals surface area (Å²) in [5.74, 6) is 0.00590. The molecule has 0 unspecified atom stereocenters. The first-order valence-corrected chi connectivity index (χ1v) is 10.4. The molecular formula is C22H20N2O5S. The monoisotopic (exact) mass is 424 g/mol. The van der Waals surface area contributed by atoms with Crippen molar-refractivity contribution in [3.8, 4) is 5.75 Å². The molecular weight excluding hydrogens is 404 g/mol. The molecule has 0 bridgehead atoms. The molecule has 0 fully saturated rings. The van der Waals surface area contributed by atoms with Crippen molar-refractivity contribution < 1.29 is 22.7 Å². The summed E-state index contributed by atoms with van der Waals surface area (Å²) in [7, 11) is -1.05. The molecule has 1 heterocycles. The van der Waals surface area contributed by atoms with Crippen LogP contribution < -0.4 is 9.46 Å². The third-order valence-corrected chi connectivity index (χ3v) is 5.65. The number of para-hydroxylation sites is 1. The standard InChI is InChI=1S/C22H20N2O5S/c1-28-18-7-9-19(10-8-18)30(26,27)24-21-6-4-3-5-17(21)15-20(22(25)29-2)16-11-13-23-14-12-16/h3-15,24H,1-2H3. The number of nitrogens with zero attached hydrogens (tertiary/aromatic N) is 1. The van der Waals surface area contributed by atoms with Gasteiger partial charge in [0.1, 0.15) is 5.75 Å². The minimum atomic E-state index is -3.85. The van der Waals surface area contributed by atoms with Crippen LogP contribution in [0.2, 0.25) is 0 Å². The van der Waals surface area contributed by atoms with Gasteiger partial charge in [0.2, 0.25) is 0 Å². The van der Waals surface area contributed by atoms with E-state index in [0.717, 1.165) is 0 Å². The Morgan fingerprint density at radius 1 is 0.967 bits per heavy atom. The highest BCUT2D eigenvalue weighted by Gasteiger charge is 2.17. The molecule has 0 aliphatic carbocycles. The molecule has 0 spiro atoms. The van der Waals surface area contributed by atoms with Gasteiger partial charge in [-0.3, -0.25) is 9.71 Å². The van der Waals surface area contributed by atoms with Gasteiger partial charge in [0, 0.05) is 12.4 Å². The van der Waals surface area contributed by atoms with Crippen LogP contribution in [0, 0.1) is 0 Å². The minimum Gasteiger partial charge on any atom is -0.497 e. The zero-order valence-electron chi connectivity index (χ0n) is 16.4. The Balaban J connectivity index is 2.00. The normalized spacial score (nSPS) is 11.6. The van der Waals surface area contributed by atoms with Gasteiger partial charge in [0.25, 0.3) is 10.0 Å². The van der Waals surface area contributed by atoms with Crippen LogP contribution in [0.4, 0.5) is 5.69 Å². The van der Waals surface area contributed by atoms with Crippen molar-refractivity contribution in [3.05, 3.63) is 84.2 Å². The molecule has 3 aromatic rings. The van der Waals surface area contributed by atoms with Gasteiger partial charge in [-0.25, -0.2) is 13.2 Å². The van der Waals surface area contributed by atoms with Gasteiger partial charge in [-0.05, 0) is 59.7 Å². The van der Waals surface area contributed by atoms with Crippen molar-refractivity contribution >= 4 is 33.3 Å². The van der Waals surface area contributed by atoms with E-state index in [4.69, 9.17) is 9.47 Å². The average molecular weight is 424 g/mol. The number of rotatable bonds is 7. The van der Waals surface area contributed by atoms with E-state index in [1.54, 1.807) is 67.0 Å². The molecule has 0 amide bonds. The third kappa shape index (κ3) is 4.84. The third-order valence-electron chi connectivity index (χ3n) is 4.27. The van der Waals surface area contributed by atoms with Gasteiger partial charge >= 0.3 is 5.97 Å². The summed E-state index contributed by atoms with van der Waals surface area (Å²) in [5.41, 5.74) is 1.70. The molecule has 154 valence electrons. The van der Waals surface area contributed by atoms with E-state index in [0.29, 0.717) is 22.6 Å². The number of ether oxygens (including phenoxy) is 2. The van der Waals surface area contributed by atoms with E-state index >= 15 is 0 Å². The minimum absolute atomic E-state index is 0.0874. The lowest BCUT2D eigenvalue weighted by molar-refractivity contribution is -0.133. The molecule has 1 aromatic heterocycles. The summed E-state index contributed by atoms with van der Waals surface area (Å²) in [5, 5.41) is 0. The molecule has 0 aliphatic heterocycles. The first-order valence-electron chi connectivity index (χ1n) is 8.91. The zero-order chi connectivity index (χ0) is 21.6. The summed E-state index contributed by atoms with van der Waals surface area (Å²) < 4.78 is 38.2. The Labute approximate surface area is 175 Å². The number of pyridine rings is 1. The summed E-state index contributed by atoms with van der Waals surface area (Å²) >= 11 is 0. The molecule has 0 atom stereocenters. The number of sulfonamides is 1. The summed E-state index contributed by atoms with van der Waals surface area (Å²) in [6, 6.07) is 16.2. The van der Waals surface area contributed by atoms with Gasteiger partial charge in [0.05, 0.1) is 30.4 Å². The van der Waals surface area contributed by atoms with Crippen LogP contribution in [0.5, 0.6) is 5.75 Å². The molecule has 0 saturated heterocycles. The average Bonchev–Trinajstić information content (AvgIpc) is 2.78. The first-order chi connectivity index (χ1) is 14.4. The number of hydrogen-bond acceptors (Lipinski definition) is 6. The predicted octanol–water partition coefficient (Wildman–Crippen LogP) is 3.60. The maximum atomic E-state index is 12.8. The summed E-state index contributed by atoms with van der Waals surface area (Å²) in [6.07, 6.45) is 4.70. The van der Waals surface area contributed by atoms with Crippen LogP contribution in [0.15, 0.2) is 78.0 Å². The van der Waals surface area contributed by atoms with E-state index in [-0.39, 0.29) is 10.5 Å². The van der Waals surface area contributed by atoms with Crippen LogP contribution in [0.1, 0.15) is 11.1 Å². The molecule has 3 rings (SSSR count). The highest BCUT2D eigenvalue weighted by Crippen LogP contribution is 2.26. The van der Waals surface area contributed by atoms with E-state index in [2.05, 4.69) is 9.71 Å². The van der Waals surface area contributed by atoms with Crippen LogP contribution in [-0.2, 0) is 19.6 Å². The first kappa shape index (κ1) is 21.1. The highest BCUT2D eigenvalue weighted by molar-refractivity contribution is 7.92. The van der Waals surface area contributed by atoms with Gasteiger partial charge in [0.15, 0.2) is 0 Å². The number of hydrogen-bond donors (Lipinski definition) is 1. The Morgan fingerprint density at radius 2 is 1.63 bits per heavy atom. The fourth-order valence-electron chi connectivity index (χ4n) is 2.73. The topological polar surface area (TPSA) is 94.6 Å². The molecule has 0 aliphatic rings.